The molecule has 0 spiro atoms. The van der Waals surface area contributed by atoms with Crippen molar-refractivity contribution in [2.75, 3.05) is 0 Å². The summed E-state index contributed by atoms with van der Waals surface area (Å²) in [5.41, 5.74) is 4.04. The number of thiophene rings is 2. The van der Waals surface area contributed by atoms with Crippen molar-refractivity contribution in [1.29, 1.82) is 0 Å². The molecule has 2 aromatic rings. The molecule has 6 heteroatoms. The highest BCUT2D eigenvalue weighted by atomic mass is 79.9. The van der Waals surface area contributed by atoms with Crippen LogP contribution in [-0.2, 0) is 6.42 Å². The van der Waals surface area contributed by atoms with E-state index >= 15 is 0 Å². The Hall–Kier alpha value is 0.0900. The van der Waals surface area contributed by atoms with Crippen molar-refractivity contribution in [3.63, 3.8) is 0 Å². The number of hydrazine groups is 1. The molecule has 0 aromatic carbocycles. The molecule has 3 N–H and O–H groups in total. The predicted molar refractivity (Wildman–Crippen MR) is 75.1 cm³/mol. The Morgan fingerprint density at radius 2 is 2.31 bits per heavy atom. The first-order valence-electron chi connectivity index (χ1n) is 4.63. The maximum atomic E-state index is 5.90. The normalized spacial score (nSPS) is 12.9. The minimum absolute atomic E-state index is 0.136. The first-order valence-corrected chi connectivity index (χ1v) is 7.50. The van der Waals surface area contributed by atoms with Crippen molar-refractivity contribution in [1.82, 2.24) is 5.43 Å². The van der Waals surface area contributed by atoms with Gasteiger partial charge in [-0.2, -0.15) is 0 Å². The van der Waals surface area contributed by atoms with Crippen LogP contribution >= 0.6 is 50.2 Å². The van der Waals surface area contributed by atoms with Gasteiger partial charge in [-0.1, -0.05) is 11.6 Å². The molecule has 0 radical (unpaired) electrons. The van der Waals surface area contributed by atoms with Crippen molar-refractivity contribution in [3.8, 4) is 0 Å². The third-order valence-electron chi connectivity index (χ3n) is 2.23. The van der Waals surface area contributed by atoms with E-state index in [0.29, 0.717) is 0 Å². The van der Waals surface area contributed by atoms with E-state index in [0.717, 1.165) is 14.5 Å². The van der Waals surface area contributed by atoms with Gasteiger partial charge >= 0.3 is 0 Å². The van der Waals surface area contributed by atoms with E-state index in [1.165, 1.54) is 10.4 Å². The molecule has 16 heavy (non-hydrogen) atoms. The zero-order valence-electron chi connectivity index (χ0n) is 8.24. The Morgan fingerprint density at radius 3 is 2.81 bits per heavy atom. The fourth-order valence-electron chi connectivity index (χ4n) is 1.44. The van der Waals surface area contributed by atoms with Crippen molar-refractivity contribution >= 4 is 50.2 Å². The topological polar surface area (TPSA) is 38.0 Å². The highest BCUT2D eigenvalue weighted by molar-refractivity contribution is 9.11. The summed E-state index contributed by atoms with van der Waals surface area (Å²) >= 11 is 12.6. The summed E-state index contributed by atoms with van der Waals surface area (Å²) < 4.78 is 1.93. The van der Waals surface area contributed by atoms with Crippen LogP contribution < -0.4 is 11.3 Å². The van der Waals surface area contributed by atoms with E-state index in [-0.39, 0.29) is 6.04 Å². The van der Waals surface area contributed by atoms with Crippen LogP contribution in [0.2, 0.25) is 4.34 Å². The van der Waals surface area contributed by atoms with E-state index in [1.54, 1.807) is 22.7 Å². The fraction of sp³-hybridized carbons (Fsp3) is 0.200. The summed E-state index contributed by atoms with van der Waals surface area (Å²) in [7, 11) is 0. The van der Waals surface area contributed by atoms with Crippen LogP contribution in [-0.4, -0.2) is 0 Å². The predicted octanol–water partition coefficient (Wildman–Crippen LogP) is 3.97. The molecule has 0 fully saturated rings. The molecular formula is C10H10BrClN2S2. The van der Waals surface area contributed by atoms with Crippen LogP contribution in [0.25, 0.3) is 0 Å². The third kappa shape index (κ3) is 3.06. The summed E-state index contributed by atoms with van der Waals surface area (Å²) in [6.45, 7) is 0. The van der Waals surface area contributed by atoms with Crippen molar-refractivity contribution in [2.45, 2.75) is 12.5 Å². The molecule has 2 aromatic heterocycles. The molecule has 0 aliphatic rings. The van der Waals surface area contributed by atoms with Gasteiger partial charge in [-0.05, 0) is 45.1 Å². The number of nitrogens with two attached hydrogens (primary N) is 1. The summed E-state index contributed by atoms with van der Waals surface area (Å²) in [6, 6.07) is 6.18. The van der Waals surface area contributed by atoms with Gasteiger partial charge in [-0.15, -0.1) is 22.7 Å². The molecule has 0 aliphatic carbocycles. The largest absolute Gasteiger partial charge is 0.271 e. The molecule has 0 saturated heterocycles. The monoisotopic (exact) mass is 336 g/mol. The second-order valence-electron chi connectivity index (χ2n) is 3.31. The first-order chi connectivity index (χ1) is 7.69. The molecule has 2 nitrogen and oxygen atoms in total. The van der Waals surface area contributed by atoms with E-state index in [9.17, 15) is 0 Å². The summed E-state index contributed by atoms with van der Waals surface area (Å²) in [5.74, 6) is 5.58. The van der Waals surface area contributed by atoms with Crippen LogP contribution in [0.4, 0.5) is 0 Å². The Balaban J connectivity index is 2.12. The second-order valence-corrected chi connectivity index (χ2v) is 7.40. The quantitative estimate of drug-likeness (QED) is 0.654. The van der Waals surface area contributed by atoms with Gasteiger partial charge in [-0.3, -0.25) is 11.3 Å². The molecule has 2 rings (SSSR count). The van der Waals surface area contributed by atoms with Gasteiger partial charge in [0.05, 0.1) is 14.2 Å². The molecule has 86 valence electrons. The molecule has 0 aliphatic heterocycles. The van der Waals surface area contributed by atoms with E-state index in [4.69, 9.17) is 17.4 Å². The van der Waals surface area contributed by atoms with Crippen molar-refractivity contribution in [3.05, 3.63) is 42.1 Å². The van der Waals surface area contributed by atoms with Gasteiger partial charge in [0.25, 0.3) is 0 Å². The molecular weight excluding hydrogens is 328 g/mol. The maximum absolute atomic E-state index is 5.90. The lowest BCUT2D eigenvalue weighted by Gasteiger charge is -2.13. The summed E-state index contributed by atoms with van der Waals surface area (Å²) in [4.78, 5) is 1.23. The minimum atomic E-state index is 0.136. The van der Waals surface area contributed by atoms with Gasteiger partial charge in [0.2, 0.25) is 0 Å². The molecule has 1 unspecified atom stereocenters. The van der Waals surface area contributed by atoms with Crippen molar-refractivity contribution in [2.24, 2.45) is 5.84 Å². The van der Waals surface area contributed by atoms with E-state index in [1.807, 2.05) is 12.1 Å². The highest BCUT2D eigenvalue weighted by Crippen LogP contribution is 2.29. The highest BCUT2D eigenvalue weighted by Gasteiger charge is 2.13. The van der Waals surface area contributed by atoms with Crippen LogP contribution in [0.3, 0.4) is 0 Å². The Kier molecular flexibility index (Phi) is 4.41. The number of hydrogen-bond donors (Lipinski definition) is 2. The maximum Gasteiger partial charge on any atom is 0.0931 e. The molecule has 1 atom stereocenters. The number of nitrogens with one attached hydrogen (secondary N) is 1. The molecule has 0 saturated carbocycles. The Bertz CT molecular complexity index is 469. The zero-order chi connectivity index (χ0) is 11.5. The van der Waals surface area contributed by atoms with Gasteiger partial charge in [0.15, 0.2) is 0 Å². The Labute approximate surface area is 116 Å². The smallest absolute Gasteiger partial charge is 0.0931 e. The second kappa shape index (κ2) is 5.62. The van der Waals surface area contributed by atoms with Crippen LogP contribution in [0.5, 0.6) is 0 Å². The first kappa shape index (κ1) is 12.5. The average molecular weight is 338 g/mol. The number of halogens is 2. The molecule has 0 bridgehead atoms. The lowest BCUT2D eigenvalue weighted by Crippen LogP contribution is -2.29. The number of rotatable bonds is 4. The SMILES string of the molecule is NNC(Cc1ccc(Cl)s1)c1csc(Br)c1. The number of hydrogen-bond acceptors (Lipinski definition) is 4. The third-order valence-corrected chi connectivity index (χ3v) is 5.00. The van der Waals surface area contributed by atoms with Crippen LogP contribution in [0, 0.1) is 0 Å². The summed E-state index contributed by atoms with van der Waals surface area (Å²) in [6.07, 6.45) is 0.858. The summed E-state index contributed by atoms with van der Waals surface area (Å²) in [5, 5.41) is 2.10. The lowest BCUT2D eigenvalue weighted by molar-refractivity contribution is 0.557. The zero-order valence-corrected chi connectivity index (χ0v) is 12.2. The van der Waals surface area contributed by atoms with Gasteiger partial charge in [0, 0.05) is 11.3 Å². The van der Waals surface area contributed by atoms with E-state index < -0.39 is 0 Å². The standard InChI is InChI=1S/C10H10BrClN2S2/c11-9-3-6(5-15-9)8(14-13)4-7-1-2-10(12)16-7/h1-3,5,8,14H,4,13H2. The Morgan fingerprint density at radius 1 is 1.50 bits per heavy atom. The van der Waals surface area contributed by atoms with Crippen LogP contribution in [0.15, 0.2) is 27.4 Å². The van der Waals surface area contributed by atoms with E-state index in [2.05, 4.69) is 32.8 Å². The van der Waals surface area contributed by atoms with Crippen molar-refractivity contribution < 1.29 is 0 Å². The van der Waals surface area contributed by atoms with Gasteiger partial charge in [0.1, 0.15) is 0 Å². The van der Waals surface area contributed by atoms with Gasteiger partial charge < -0.3 is 0 Å². The molecule has 0 amide bonds. The molecule has 2 heterocycles. The fourth-order valence-corrected chi connectivity index (χ4v) is 3.80. The minimum Gasteiger partial charge on any atom is -0.271 e. The van der Waals surface area contributed by atoms with Gasteiger partial charge in [-0.25, -0.2) is 0 Å². The lowest BCUT2D eigenvalue weighted by atomic mass is 10.1. The average Bonchev–Trinajstić information content (AvgIpc) is 2.84. The van der Waals surface area contributed by atoms with Crippen LogP contribution in [0.1, 0.15) is 16.5 Å².